The average Bonchev–Trinajstić information content (AvgIpc) is 2.34. The van der Waals surface area contributed by atoms with Crippen LogP contribution in [0.5, 0.6) is 0 Å². The largest absolute Gasteiger partial charge is 0.385 e. The summed E-state index contributed by atoms with van der Waals surface area (Å²) in [5, 5.41) is 0. The summed E-state index contributed by atoms with van der Waals surface area (Å²) in [6.45, 7) is 0.420. The lowest BCUT2D eigenvalue weighted by atomic mass is 10.4. The summed E-state index contributed by atoms with van der Waals surface area (Å²) in [4.78, 5) is 0. The minimum atomic E-state index is -4.51. The smallest absolute Gasteiger partial charge is 0.361 e. The molecule has 0 aromatic carbocycles. The fraction of sp³-hybridized carbons (Fsp3) is 0.778. The van der Waals surface area contributed by atoms with E-state index in [1.54, 1.807) is 0 Å². The summed E-state index contributed by atoms with van der Waals surface area (Å²) < 4.78 is 107. The lowest BCUT2D eigenvalue weighted by Gasteiger charge is -2.28. The average molecular weight is 332 g/mol. The number of hydrogen-bond acceptors (Lipinski definition) is 2. The van der Waals surface area contributed by atoms with Crippen molar-refractivity contribution in [3.63, 3.8) is 0 Å². The maximum atomic E-state index is 12.6. The van der Waals surface area contributed by atoms with E-state index in [1.807, 2.05) is 0 Å². The zero-order chi connectivity index (χ0) is 16.2. The van der Waals surface area contributed by atoms with Crippen molar-refractivity contribution in [2.45, 2.75) is 31.2 Å². The molecular weight excluding hydrogens is 320 g/mol. The second-order valence-electron chi connectivity index (χ2n) is 3.92. The van der Waals surface area contributed by atoms with Crippen LogP contribution in [0.25, 0.3) is 0 Å². The number of hydrogen-bond donors (Lipinski definition) is 0. The Hall–Kier alpha value is -0.683. The van der Waals surface area contributed by atoms with Crippen molar-refractivity contribution >= 4 is 8.56 Å². The zero-order valence-corrected chi connectivity index (χ0v) is 11.2. The van der Waals surface area contributed by atoms with Gasteiger partial charge in [0.1, 0.15) is 13.2 Å². The Balaban J connectivity index is 4.60. The van der Waals surface area contributed by atoms with Crippen LogP contribution < -0.4 is 0 Å². The fourth-order valence-electron chi connectivity index (χ4n) is 0.765. The van der Waals surface area contributed by atoms with E-state index >= 15 is 0 Å². The molecule has 0 rings (SSSR count). The summed E-state index contributed by atoms with van der Waals surface area (Å²) in [5.74, 6) is -9.02. The van der Waals surface area contributed by atoms with Crippen molar-refractivity contribution in [2.24, 2.45) is 0 Å². The molecule has 11 heteroatoms. The highest BCUT2D eigenvalue weighted by Crippen LogP contribution is 2.27. The van der Waals surface area contributed by atoms with Crippen molar-refractivity contribution in [3.05, 3.63) is 12.3 Å². The lowest BCUT2D eigenvalue weighted by molar-refractivity contribution is -0.163. The van der Waals surface area contributed by atoms with E-state index in [0.29, 0.717) is 0 Å². The summed E-state index contributed by atoms with van der Waals surface area (Å²) in [6, 6.07) is 0. The molecule has 0 aliphatic carbocycles. The first-order chi connectivity index (χ1) is 8.86. The monoisotopic (exact) mass is 332 g/mol. The van der Waals surface area contributed by atoms with Crippen molar-refractivity contribution in [1.82, 2.24) is 0 Å². The predicted octanol–water partition coefficient (Wildman–Crippen LogP) is 3.62. The molecule has 120 valence electrons. The minimum absolute atomic E-state index is 0.746. The molecule has 2 nitrogen and oxygen atoms in total. The Kier molecular flexibility index (Phi) is 6.62. The SMILES string of the molecule is C=C[Si](C)(OCC(F)(F)C(F)F)OCC(F)(F)C(F)F. The summed E-state index contributed by atoms with van der Waals surface area (Å²) >= 11 is 0. The second-order valence-corrected chi connectivity index (χ2v) is 6.94. The highest BCUT2D eigenvalue weighted by atomic mass is 28.4. The van der Waals surface area contributed by atoms with Crippen LogP contribution in [0.3, 0.4) is 0 Å². The van der Waals surface area contributed by atoms with E-state index in [0.717, 1.165) is 12.2 Å². The van der Waals surface area contributed by atoms with Gasteiger partial charge in [-0.3, -0.25) is 0 Å². The zero-order valence-electron chi connectivity index (χ0n) is 10.2. The first kappa shape index (κ1) is 19.3. The van der Waals surface area contributed by atoms with Crippen LogP contribution in [-0.4, -0.2) is 46.5 Å². The lowest BCUT2D eigenvalue weighted by Crippen LogP contribution is -2.46. The van der Waals surface area contributed by atoms with Gasteiger partial charge in [0.25, 0.3) is 0 Å². The molecule has 0 aromatic rings. The summed E-state index contributed by atoms with van der Waals surface area (Å²) in [6.07, 6.45) is -8.04. The summed E-state index contributed by atoms with van der Waals surface area (Å²) in [7, 11) is -3.90. The minimum Gasteiger partial charge on any atom is -0.385 e. The van der Waals surface area contributed by atoms with Crippen LogP contribution in [0.1, 0.15) is 0 Å². The fourth-order valence-corrected chi connectivity index (χ4v) is 2.04. The number of halogens is 8. The van der Waals surface area contributed by atoms with Gasteiger partial charge in [-0.15, -0.1) is 6.58 Å². The molecule has 0 amide bonds. The first-order valence-corrected chi connectivity index (χ1v) is 7.49. The van der Waals surface area contributed by atoms with E-state index in [4.69, 9.17) is 0 Å². The van der Waals surface area contributed by atoms with Gasteiger partial charge in [-0.1, -0.05) is 0 Å². The van der Waals surface area contributed by atoms with Gasteiger partial charge < -0.3 is 8.85 Å². The number of alkyl halides is 8. The van der Waals surface area contributed by atoms with Crippen molar-refractivity contribution < 1.29 is 44.0 Å². The maximum absolute atomic E-state index is 12.6. The van der Waals surface area contributed by atoms with Crippen molar-refractivity contribution in [2.75, 3.05) is 13.2 Å². The Bertz CT molecular complexity index is 299. The third kappa shape index (κ3) is 5.75. The molecule has 0 bridgehead atoms. The molecule has 0 saturated carbocycles. The second kappa shape index (κ2) is 6.85. The van der Waals surface area contributed by atoms with Crippen LogP contribution in [0, 0.1) is 0 Å². The van der Waals surface area contributed by atoms with Crippen LogP contribution >= 0.6 is 0 Å². The number of rotatable bonds is 9. The third-order valence-corrected chi connectivity index (χ3v) is 4.29. The van der Waals surface area contributed by atoms with E-state index in [2.05, 4.69) is 15.4 Å². The first-order valence-electron chi connectivity index (χ1n) is 5.10. The van der Waals surface area contributed by atoms with Gasteiger partial charge in [-0.2, -0.15) is 17.6 Å². The molecule has 0 fully saturated rings. The van der Waals surface area contributed by atoms with E-state index in [9.17, 15) is 35.1 Å². The van der Waals surface area contributed by atoms with Crippen LogP contribution in [0.15, 0.2) is 12.3 Å². The van der Waals surface area contributed by atoms with Gasteiger partial charge in [0, 0.05) is 0 Å². The van der Waals surface area contributed by atoms with Crippen molar-refractivity contribution in [1.29, 1.82) is 0 Å². The van der Waals surface area contributed by atoms with Gasteiger partial charge in [0.15, 0.2) is 0 Å². The van der Waals surface area contributed by atoms with Gasteiger partial charge in [-0.25, -0.2) is 17.6 Å². The van der Waals surface area contributed by atoms with Crippen LogP contribution in [0.2, 0.25) is 6.55 Å². The maximum Gasteiger partial charge on any atom is 0.361 e. The quantitative estimate of drug-likeness (QED) is 0.474. The molecular formula is C9H12F8O2Si. The highest BCUT2D eigenvalue weighted by molar-refractivity contribution is 6.71. The Morgan fingerprint density at radius 2 is 1.25 bits per heavy atom. The van der Waals surface area contributed by atoms with Crippen molar-refractivity contribution in [3.8, 4) is 0 Å². The molecule has 0 aromatic heterocycles. The molecule has 0 radical (unpaired) electrons. The molecule has 0 atom stereocenters. The van der Waals surface area contributed by atoms with Gasteiger partial charge >= 0.3 is 33.3 Å². The topological polar surface area (TPSA) is 18.5 Å². The van der Waals surface area contributed by atoms with Gasteiger partial charge in [-0.05, 0) is 12.2 Å². The summed E-state index contributed by atoms with van der Waals surface area (Å²) in [5.41, 5.74) is 0.746. The molecule has 0 spiro atoms. The van der Waals surface area contributed by atoms with Crippen LogP contribution in [-0.2, 0) is 8.85 Å². The molecule has 0 aliphatic heterocycles. The van der Waals surface area contributed by atoms with E-state index < -0.39 is 46.5 Å². The standard InChI is InChI=1S/C9H12F8O2Si/c1-3-20(2,18-4-8(14,15)6(10)11)19-5-9(16,17)7(12)13/h3,6-7H,1,4-5H2,2H3. The molecule has 0 saturated heterocycles. The van der Waals surface area contributed by atoms with Gasteiger partial charge in [0.2, 0.25) is 0 Å². The molecule has 0 N–H and O–H groups in total. The van der Waals surface area contributed by atoms with Crippen LogP contribution in [0.4, 0.5) is 35.1 Å². The Morgan fingerprint density at radius 1 is 0.950 bits per heavy atom. The molecule has 0 aliphatic rings. The molecule has 0 heterocycles. The highest BCUT2D eigenvalue weighted by Gasteiger charge is 2.46. The normalized spacial score (nSPS) is 14.2. The Labute approximate surface area is 110 Å². The van der Waals surface area contributed by atoms with E-state index in [1.165, 1.54) is 0 Å². The predicted molar refractivity (Wildman–Crippen MR) is 55.6 cm³/mol. The van der Waals surface area contributed by atoms with E-state index in [-0.39, 0.29) is 0 Å². The molecule has 0 unspecified atom stereocenters. The van der Waals surface area contributed by atoms with Gasteiger partial charge in [0.05, 0.1) is 0 Å². The molecule has 20 heavy (non-hydrogen) atoms. The third-order valence-electron chi connectivity index (χ3n) is 2.11. The Morgan fingerprint density at radius 3 is 1.45 bits per heavy atom.